The van der Waals surface area contributed by atoms with Gasteiger partial charge in [-0.25, -0.2) is 23.1 Å². The maximum Gasteiger partial charge on any atom is 0.438 e. The zero-order valence-electron chi connectivity index (χ0n) is 38.8. The molecule has 68 heavy (non-hydrogen) atoms. The summed E-state index contributed by atoms with van der Waals surface area (Å²) in [5.41, 5.74) is 3.94. The van der Waals surface area contributed by atoms with Crippen molar-refractivity contribution in [2.45, 2.75) is 110 Å². The number of ether oxygens (including phenoxy) is 1. The Balaban J connectivity index is 0.986. The second kappa shape index (κ2) is 15.1. The van der Waals surface area contributed by atoms with Crippen LogP contribution in [0.1, 0.15) is 116 Å². The number of carbonyl (C=O) groups is 1. The summed E-state index contributed by atoms with van der Waals surface area (Å²) in [6.45, 7) is 13.3. The first kappa shape index (κ1) is 42.5. The lowest BCUT2D eigenvalue weighted by molar-refractivity contribution is -0.0592. The number of imidazole rings is 1. The molecule has 4 aliphatic rings. The fourth-order valence-electron chi connectivity index (χ4n) is 11.4. The number of nitrogens with one attached hydrogen (secondary N) is 1. The predicted molar refractivity (Wildman–Crippen MR) is 249 cm³/mol. The highest BCUT2D eigenvalue weighted by Gasteiger charge is 2.59. The quantitative estimate of drug-likeness (QED) is 0.152. The molecule has 0 unspecified atom stereocenters. The number of amides is 1. The van der Waals surface area contributed by atoms with Gasteiger partial charge in [0.1, 0.15) is 22.9 Å². The molecule has 350 valence electrons. The highest BCUT2D eigenvalue weighted by atomic mass is 19.1. The largest absolute Gasteiger partial charge is 0.438 e. The Morgan fingerprint density at radius 2 is 1.69 bits per heavy atom. The van der Waals surface area contributed by atoms with E-state index in [4.69, 9.17) is 14.4 Å². The van der Waals surface area contributed by atoms with Gasteiger partial charge in [0.2, 0.25) is 0 Å². The van der Waals surface area contributed by atoms with E-state index in [0.717, 1.165) is 48.7 Å². The number of benzene rings is 3. The number of H-pyrrole nitrogens is 1. The minimum absolute atomic E-state index is 0.000380. The third-order valence-electron chi connectivity index (χ3n) is 15.2. The lowest BCUT2D eigenvalue weighted by Crippen LogP contribution is -2.41. The summed E-state index contributed by atoms with van der Waals surface area (Å²) in [6, 6.07) is 14.3. The number of halogens is 2. The Morgan fingerprint density at radius 3 is 2.40 bits per heavy atom. The minimum atomic E-state index is -0.857. The summed E-state index contributed by atoms with van der Waals surface area (Å²) in [6.07, 6.45) is 9.76. The Kier molecular flexibility index (Phi) is 9.41. The molecule has 0 bridgehead atoms. The molecule has 3 aromatic carbocycles. The SMILES string of the molecule is Cc1cc(-n2nc3c(c2-n2ccn(-c4ccc5nn(CC6CC6)cc5c4F)c2=O)[C@H](C)N(C(=O)c2cc4cc([C@H]5CCOC(C)(C)C5)ccc4n2[C@@]2(c4noc(=O)[nH]4)C[C@@H]2C)CC3)cc(C)c1F. The topological polar surface area (TPSA) is 156 Å². The van der Waals surface area contributed by atoms with Gasteiger partial charge in [-0.2, -0.15) is 10.2 Å². The van der Waals surface area contributed by atoms with Crippen LogP contribution < -0.4 is 11.4 Å². The smallest absolute Gasteiger partial charge is 0.376 e. The van der Waals surface area contributed by atoms with Crippen LogP contribution in [-0.2, 0) is 23.2 Å². The number of rotatable bonds is 9. The van der Waals surface area contributed by atoms with E-state index >= 15 is 13.6 Å². The van der Waals surface area contributed by atoms with Crippen molar-refractivity contribution in [2.24, 2.45) is 11.8 Å². The van der Waals surface area contributed by atoms with Crippen molar-refractivity contribution in [3.8, 4) is 17.2 Å². The average molecular weight is 923 g/mol. The monoisotopic (exact) mass is 922 g/mol. The lowest BCUT2D eigenvalue weighted by atomic mass is 9.83. The molecule has 1 N–H and O–H groups in total. The van der Waals surface area contributed by atoms with Gasteiger partial charge in [0, 0.05) is 61.2 Å². The fourth-order valence-corrected chi connectivity index (χ4v) is 11.4. The number of aromatic nitrogens is 9. The molecule has 0 spiro atoms. The van der Waals surface area contributed by atoms with Crippen LogP contribution in [0.5, 0.6) is 0 Å². The highest BCUT2D eigenvalue weighted by molar-refractivity contribution is 6.00. The molecule has 2 aliphatic heterocycles. The van der Waals surface area contributed by atoms with E-state index in [1.807, 2.05) is 17.6 Å². The summed E-state index contributed by atoms with van der Waals surface area (Å²) < 4.78 is 50.9. The fraction of sp³-hybridized carbons (Fsp3) is 0.412. The number of nitrogens with zero attached hydrogens (tertiary/aromatic N) is 9. The van der Waals surface area contributed by atoms with E-state index in [1.54, 1.807) is 64.8 Å². The van der Waals surface area contributed by atoms with Crippen molar-refractivity contribution in [1.82, 2.24) is 48.3 Å². The zero-order valence-corrected chi connectivity index (χ0v) is 38.8. The Morgan fingerprint density at radius 1 is 0.926 bits per heavy atom. The number of aryl methyl sites for hydroxylation is 2. The van der Waals surface area contributed by atoms with Gasteiger partial charge in [0.25, 0.3) is 5.91 Å². The summed E-state index contributed by atoms with van der Waals surface area (Å²) in [5, 5.41) is 15.1. The van der Waals surface area contributed by atoms with Crippen LogP contribution in [0.2, 0.25) is 0 Å². The lowest BCUT2D eigenvalue weighted by Gasteiger charge is -2.35. The van der Waals surface area contributed by atoms with Crippen molar-refractivity contribution in [3.63, 3.8) is 0 Å². The molecule has 3 fully saturated rings. The normalized spacial score (nSPS) is 22.4. The molecule has 7 heterocycles. The number of hydrogen-bond donors (Lipinski definition) is 1. The third-order valence-corrected chi connectivity index (χ3v) is 15.2. The summed E-state index contributed by atoms with van der Waals surface area (Å²) in [7, 11) is 0. The van der Waals surface area contributed by atoms with Gasteiger partial charge in [-0.15, -0.1) is 0 Å². The van der Waals surface area contributed by atoms with Gasteiger partial charge in [0.15, 0.2) is 11.6 Å². The van der Waals surface area contributed by atoms with E-state index in [0.29, 0.717) is 88.2 Å². The Hall–Kier alpha value is -6.88. The summed E-state index contributed by atoms with van der Waals surface area (Å²) in [4.78, 5) is 47.5. The number of carbonyl (C=O) groups excluding carboxylic acids is 1. The maximum atomic E-state index is 16.5. The molecule has 1 saturated heterocycles. The molecule has 2 saturated carbocycles. The van der Waals surface area contributed by atoms with Gasteiger partial charge in [-0.05, 0) is 144 Å². The second-order valence-corrected chi connectivity index (χ2v) is 20.3. The number of fused-ring (bicyclic) bond motifs is 3. The van der Waals surface area contributed by atoms with Crippen LogP contribution in [0.15, 0.2) is 81.2 Å². The van der Waals surface area contributed by atoms with E-state index in [1.165, 1.54) is 15.3 Å². The van der Waals surface area contributed by atoms with Crippen LogP contribution in [0, 0.1) is 37.3 Å². The van der Waals surface area contributed by atoms with E-state index in [-0.39, 0.29) is 34.8 Å². The van der Waals surface area contributed by atoms with Crippen LogP contribution in [-0.4, -0.2) is 73.0 Å². The van der Waals surface area contributed by atoms with E-state index < -0.39 is 28.8 Å². The molecule has 5 aromatic heterocycles. The first-order chi connectivity index (χ1) is 32.6. The Labute approximate surface area is 388 Å². The van der Waals surface area contributed by atoms with Crippen molar-refractivity contribution < 1.29 is 22.8 Å². The molecular formula is C51H52F2N10O5. The van der Waals surface area contributed by atoms with Crippen molar-refractivity contribution in [2.75, 3.05) is 13.2 Å². The average Bonchev–Trinajstić information content (AvgIpc) is 3.80. The van der Waals surface area contributed by atoms with Gasteiger partial charge < -0.3 is 14.2 Å². The summed E-state index contributed by atoms with van der Waals surface area (Å²) >= 11 is 0. The van der Waals surface area contributed by atoms with E-state index in [9.17, 15) is 9.59 Å². The first-order valence-corrected chi connectivity index (χ1v) is 23.6. The summed E-state index contributed by atoms with van der Waals surface area (Å²) in [5.74, 6) is -0.320. The van der Waals surface area contributed by atoms with Gasteiger partial charge in [-0.1, -0.05) is 18.1 Å². The van der Waals surface area contributed by atoms with E-state index in [2.05, 4.69) is 54.2 Å². The number of hydrogen-bond acceptors (Lipinski definition) is 8. The molecule has 0 radical (unpaired) electrons. The molecule has 8 aromatic rings. The van der Waals surface area contributed by atoms with Crippen LogP contribution in [0.25, 0.3) is 39.0 Å². The molecular weight excluding hydrogens is 871 g/mol. The van der Waals surface area contributed by atoms with Crippen LogP contribution in [0.3, 0.4) is 0 Å². The van der Waals surface area contributed by atoms with Crippen LogP contribution >= 0.6 is 0 Å². The molecule has 17 heteroatoms. The maximum absolute atomic E-state index is 16.5. The second-order valence-electron chi connectivity index (χ2n) is 20.3. The van der Waals surface area contributed by atoms with Crippen molar-refractivity contribution >= 4 is 27.7 Å². The zero-order chi connectivity index (χ0) is 47.1. The van der Waals surface area contributed by atoms with Crippen molar-refractivity contribution in [3.05, 3.63) is 139 Å². The molecule has 4 atom stereocenters. The minimum Gasteiger partial charge on any atom is -0.376 e. The molecule has 12 rings (SSSR count). The van der Waals surface area contributed by atoms with Crippen LogP contribution in [0.4, 0.5) is 8.78 Å². The predicted octanol–water partition coefficient (Wildman–Crippen LogP) is 8.32. The molecule has 2 aliphatic carbocycles. The molecule has 15 nitrogen and oxygen atoms in total. The Bertz CT molecular complexity index is 3480. The van der Waals surface area contributed by atoms with Gasteiger partial charge in [-0.3, -0.25) is 28.1 Å². The third kappa shape index (κ3) is 6.59. The molecule has 1 amide bonds. The van der Waals surface area contributed by atoms with Gasteiger partial charge in [0.05, 0.1) is 39.6 Å². The van der Waals surface area contributed by atoms with Gasteiger partial charge >= 0.3 is 11.4 Å². The first-order valence-electron chi connectivity index (χ1n) is 23.6. The number of aromatic amines is 1. The highest BCUT2D eigenvalue weighted by Crippen LogP contribution is 2.56. The van der Waals surface area contributed by atoms with Crippen molar-refractivity contribution in [1.29, 1.82) is 0 Å². The standard InChI is InChI=1S/C51H52F2N10O5/c1-27-19-35(20-28(2)43(27)52)63-45(61-17-16-60(49(61)66)40-12-10-37-36(44(40)53)26-58(55-37)25-31-7-8-31)42-30(4)59(15-13-38(42)56-63)46(64)41-22-34-21-32(33-14-18-67-50(5,6)24-33)9-11-39(34)62(41)51(23-29(51)3)47-54-48(65)68-57-47/h9-12,16-17,19-22,26,29-31,33H,7-8,13-15,18,23-25H2,1-6H3,(H,54,57,65)/t29-,30-,33-,51-/m0/s1.